The molecule has 2 fully saturated rings. The zero-order chi connectivity index (χ0) is 27.8. The van der Waals surface area contributed by atoms with Gasteiger partial charge in [-0.05, 0) is 106 Å². The van der Waals surface area contributed by atoms with E-state index in [1.807, 2.05) is 0 Å². The summed E-state index contributed by atoms with van der Waals surface area (Å²) in [7, 11) is 0. The lowest BCUT2D eigenvalue weighted by atomic mass is 9.75. The summed E-state index contributed by atoms with van der Waals surface area (Å²) < 4.78 is 0. The van der Waals surface area contributed by atoms with Crippen molar-refractivity contribution in [2.24, 2.45) is 11.8 Å². The van der Waals surface area contributed by atoms with Gasteiger partial charge in [-0.3, -0.25) is 9.59 Å². The molecule has 0 atom stereocenters. The Bertz CT molecular complexity index is 1080. The van der Waals surface area contributed by atoms with Crippen LogP contribution in [0.5, 0.6) is 0 Å². The monoisotopic (exact) mass is 606 g/mol. The molecule has 2 N–H and O–H groups in total. The van der Waals surface area contributed by atoms with Crippen molar-refractivity contribution in [1.82, 2.24) is 10.6 Å². The van der Waals surface area contributed by atoms with Crippen LogP contribution in [0.25, 0.3) is 12.2 Å². The molecule has 0 radical (unpaired) electrons. The molecule has 4 nitrogen and oxygen atoms in total. The summed E-state index contributed by atoms with van der Waals surface area (Å²) in [6, 6.07) is 11.0. The molecule has 2 saturated carbocycles. The lowest BCUT2D eigenvalue weighted by Gasteiger charge is -2.34. The number of carbonyl (C=O) groups is 2. The normalized spacial score (nSPS) is 23.7. The van der Waals surface area contributed by atoms with Gasteiger partial charge >= 0.3 is 0 Å². The molecular formula is C31H34Cl4N2O2. The minimum atomic E-state index is -0.111. The third kappa shape index (κ3) is 9.01. The van der Waals surface area contributed by atoms with E-state index in [0.717, 1.165) is 51.4 Å². The second kappa shape index (κ2) is 14.6. The highest BCUT2D eigenvalue weighted by molar-refractivity contribution is 6.37. The summed E-state index contributed by atoms with van der Waals surface area (Å²) in [5, 5.41) is 8.37. The van der Waals surface area contributed by atoms with E-state index in [4.69, 9.17) is 46.4 Å². The highest BCUT2D eigenvalue weighted by Gasteiger charge is 2.27. The lowest BCUT2D eigenvalue weighted by molar-refractivity contribution is -0.118. The largest absolute Gasteiger partial charge is 0.350 e. The van der Waals surface area contributed by atoms with Crippen LogP contribution in [0.2, 0.25) is 20.1 Å². The third-order valence-corrected chi connectivity index (χ3v) is 9.17. The van der Waals surface area contributed by atoms with Crippen molar-refractivity contribution < 1.29 is 9.59 Å². The summed E-state index contributed by atoms with van der Waals surface area (Å²) in [6.45, 7) is 0. The standard InChI is InChI=1S/C31H34Cl4N2O2/c32-26-3-1-4-27(33)24(26)15-17-30(38)36-22-11-7-20(8-12-22)19-21-9-13-23(14-10-21)37-31(39)18-16-25-28(34)5-2-6-29(25)35/h1-6,15-18,20-23H,7-14,19H2,(H,36,38)(H,37,39). The third-order valence-electron chi connectivity index (χ3n) is 7.86. The van der Waals surface area contributed by atoms with Gasteiger partial charge in [-0.25, -0.2) is 0 Å². The Labute approximate surface area is 251 Å². The Morgan fingerprint density at radius 2 is 0.949 bits per heavy atom. The fourth-order valence-corrected chi connectivity index (χ4v) is 6.76. The molecule has 8 heteroatoms. The van der Waals surface area contributed by atoms with Gasteiger partial charge in [0.1, 0.15) is 0 Å². The molecule has 0 spiro atoms. The maximum Gasteiger partial charge on any atom is 0.244 e. The Kier molecular flexibility index (Phi) is 11.2. The first-order valence-corrected chi connectivity index (χ1v) is 15.1. The van der Waals surface area contributed by atoms with Gasteiger partial charge in [0, 0.05) is 55.5 Å². The van der Waals surface area contributed by atoms with Crippen LogP contribution in [0.15, 0.2) is 48.6 Å². The van der Waals surface area contributed by atoms with Gasteiger partial charge in [-0.2, -0.15) is 0 Å². The van der Waals surface area contributed by atoms with Gasteiger partial charge in [0.25, 0.3) is 0 Å². The van der Waals surface area contributed by atoms with E-state index in [9.17, 15) is 9.59 Å². The fourth-order valence-electron chi connectivity index (χ4n) is 5.71. The molecule has 0 unspecified atom stereocenters. The molecule has 2 aromatic carbocycles. The molecule has 0 aromatic heterocycles. The maximum atomic E-state index is 12.4. The van der Waals surface area contributed by atoms with Crippen LogP contribution in [-0.4, -0.2) is 23.9 Å². The van der Waals surface area contributed by atoms with Gasteiger partial charge in [0.2, 0.25) is 11.8 Å². The van der Waals surface area contributed by atoms with Crippen molar-refractivity contribution in [1.29, 1.82) is 0 Å². The number of carbonyl (C=O) groups excluding carboxylic acids is 2. The average molecular weight is 608 g/mol. The number of benzene rings is 2. The average Bonchev–Trinajstić information content (AvgIpc) is 2.90. The molecule has 208 valence electrons. The van der Waals surface area contributed by atoms with Crippen LogP contribution < -0.4 is 10.6 Å². The number of amides is 2. The smallest absolute Gasteiger partial charge is 0.244 e. The highest BCUT2D eigenvalue weighted by atomic mass is 35.5. The molecule has 2 amide bonds. The number of halogens is 4. The molecule has 2 aliphatic rings. The van der Waals surface area contributed by atoms with E-state index in [1.165, 1.54) is 18.6 Å². The second-order valence-electron chi connectivity index (χ2n) is 10.6. The molecule has 2 aromatic rings. The number of hydrogen-bond acceptors (Lipinski definition) is 2. The van der Waals surface area contributed by atoms with Crippen LogP contribution in [-0.2, 0) is 9.59 Å². The first-order chi connectivity index (χ1) is 18.8. The zero-order valence-corrected chi connectivity index (χ0v) is 24.8. The van der Waals surface area contributed by atoms with Crippen LogP contribution in [0.4, 0.5) is 0 Å². The van der Waals surface area contributed by atoms with Crippen LogP contribution in [0.1, 0.15) is 68.9 Å². The Hall–Kier alpha value is -1.98. The lowest BCUT2D eigenvalue weighted by Crippen LogP contribution is -2.38. The van der Waals surface area contributed by atoms with Gasteiger partial charge in [-0.1, -0.05) is 58.5 Å². The van der Waals surface area contributed by atoms with Gasteiger partial charge in [0.05, 0.1) is 0 Å². The number of hydrogen-bond donors (Lipinski definition) is 2. The molecular weight excluding hydrogens is 574 g/mol. The summed E-state index contributed by atoms with van der Waals surface area (Å²) in [5.41, 5.74) is 1.32. The molecule has 0 saturated heterocycles. The minimum Gasteiger partial charge on any atom is -0.350 e. The highest BCUT2D eigenvalue weighted by Crippen LogP contribution is 2.35. The maximum absolute atomic E-state index is 12.4. The predicted octanol–water partition coefficient (Wildman–Crippen LogP) is 8.77. The Morgan fingerprint density at radius 3 is 1.28 bits per heavy atom. The van der Waals surface area contributed by atoms with Crippen LogP contribution >= 0.6 is 46.4 Å². The quantitative estimate of drug-likeness (QED) is 0.295. The van der Waals surface area contributed by atoms with E-state index >= 15 is 0 Å². The van der Waals surface area contributed by atoms with E-state index < -0.39 is 0 Å². The number of nitrogens with one attached hydrogen (secondary N) is 2. The minimum absolute atomic E-state index is 0.111. The first kappa shape index (κ1) is 30.0. The second-order valence-corrected chi connectivity index (χ2v) is 12.3. The summed E-state index contributed by atoms with van der Waals surface area (Å²) in [4.78, 5) is 24.9. The van der Waals surface area contributed by atoms with Crippen LogP contribution in [0, 0.1) is 11.8 Å². The predicted molar refractivity (Wildman–Crippen MR) is 163 cm³/mol. The van der Waals surface area contributed by atoms with Crippen molar-refractivity contribution in [3.8, 4) is 0 Å². The summed E-state index contributed by atoms with van der Waals surface area (Å²) in [5.74, 6) is 1.18. The molecule has 4 rings (SSSR count). The molecule has 0 heterocycles. The molecule has 2 aliphatic carbocycles. The molecule has 0 bridgehead atoms. The topological polar surface area (TPSA) is 58.2 Å². The Balaban J connectivity index is 1.13. The SMILES string of the molecule is O=C(C=Cc1c(Cl)cccc1Cl)NC1CCC(CC2CCC(NC(=O)C=Cc3c(Cl)cccc3Cl)CC2)CC1. The van der Waals surface area contributed by atoms with Crippen molar-refractivity contribution >= 4 is 70.4 Å². The number of rotatable bonds is 8. The fraction of sp³-hybridized carbons (Fsp3) is 0.419. The molecule has 0 aliphatic heterocycles. The van der Waals surface area contributed by atoms with E-state index in [0.29, 0.717) is 43.1 Å². The van der Waals surface area contributed by atoms with Gasteiger partial charge in [-0.15, -0.1) is 0 Å². The van der Waals surface area contributed by atoms with E-state index in [1.54, 1.807) is 48.6 Å². The molecule has 39 heavy (non-hydrogen) atoms. The van der Waals surface area contributed by atoms with Gasteiger partial charge < -0.3 is 10.6 Å². The summed E-state index contributed by atoms with van der Waals surface area (Å²) in [6.07, 6.45) is 16.2. The first-order valence-electron chi connectivity index (χ1n) is 13.6. The Morgan fingerprint density at radius 1 is 0.615 bits per heavy atom. The van der Waals surface area contributed by atoms with Crippen molar-refractivity contribution in [2.75, 3.05) is 0 Å². The van der Waals surface area contributed by atoms with Crippen molar-refractivity contribution in [3.63, 3.8) is 0 Å². The van der Waals surface area contributed by atoms with Crippen LogP contribution in [0.3, 0.4) is 0 Å². The van der Waals surface area contributed by atoms with E-state index in [2.05, 4.69) is 10.6 Å². The van der Waals surface area contributed by atoms with E-state index in [-0.39, 0.29) is 23.9 Å². The zero-order valence-electron chi connectivity index (χ0n) is 21.8. The van der Waals surface area contributed by atoms with Gasteiger partial charge in [0.15, 0.2) is 0 Å². The van der Waals surface area contributed by atoms with Crippen molar-refractivity contribution in [3.05, 3.63) is 79.8 Å². The summed E-state index contributed by atoms with van der Waals surface area (Å²) >= 11 is 24.7. The van der Waals surface area contributed by atoms with Crippen molar-refractivity contribution in [2.45, 2.75) is 69.9 Å².